The number of benzene rings is 1. The molecule has 0 bridgehead atoms. The first-order chi connectivity index (χ1) is 9.40. The highest BCUT2D eigenvalue weighted by Gasteiger charge is 2.14. The van der Waals surface area contributed by atoms with Crippen LogP contribution >= 0.6 is 11.8 Å². The Kier molecular flexibility index (Phi) is 6.74. The lowest BCUT2D eigenvalue weighted by Crippen LogP contribution is -2.33. The van der Waals surface area contributed by atoms with E-state index in [1.54, 1.807) is 32.2 Å². The molecule has 1 atom stereocenters. The first-order valence-electron chi connectivity index (χ1n) is 6.14. The molecule has 0 spiro atoms. The molecular weight excluding hydrogens is 286 g/mol. The number of para-hydroxylation sites is 1. The number of nitrogens with one attached hydrogen (secondary N) is 1. The minimum absolute atomic E-state index is 0.319. The number of aliphatic hydroxyl groups excluding tert-OH is 1. The van der Waals surface area contributed by atoms with Gasteiger partial charge in [0, 0.05) is 18.5 Å². The average Bonchev–Trinajstić information content (AvgIpc) is 2.37. The van der Waals surface area contributed by atoms with Crippen molar-refractivity contribution in [3.63, 3.8) is 0 Å². The van der Waals surface area contributed by atoms with Crippen LogP contribution in [0, 0.1) is 0 Å². The van der Waals surface area contributed by atoms with Crippen molar-refractivity contribution in [1.29, 1.82) is 0 Å². The molecule has 2 amide bonds. The topological polar surface area (TPSA) is 52.6 Å². The van der Waals surface area contributed by atoms with E-state index in [2.05, 4.69) is 5.32 Å². The number of nitrogens with zero attached hydrogens (tertiary/aromatic N) is 1. The summed E-state index contributed by atoms with van der Waals surface area (Å²) in [7, 11) is 1.58. The van der Waals surface area contributed by atoms with Gasteiger partial charge in [-0.3, -0.25) is 0 Å². The van der Waals surface area contributed by atoms with E-state index < -0.39 is 17.9 Å². The number of alkyl halides is 2. The smallest absolute Gasteiger partial charge is 0.321 e. The number of thioether (sulfide) groups is 1. The summed E-state index contributed by atoms with van der Waals surface area (Å²) in [5.74, 6) is -2.54. The zero-order valence-electron chi connectivity index (χ0n) is 11.3. The number of carbonyl (C=O) groups excluding carboxylic acids is 1. The number of halogens is 2. The van der Waals surface area contributed by atoms with E-state index in [-0.39, 0.29) is 0 Å². The first kappa shape index (κ1) is 16.7. The fraction of sp³-hybridized carbons (Fsp3) is 0.462. The number of urea groups is 1. The molecule has 0 aliphatic heterocycles. The van der Waals surface area contributed by atoms with Crippen molar-refractivity contribution in [2.45, 2.75) is 30.1 Å². The van der Waals surface area contributed by atoms with Gasteiger partial charge in [-0.15, -0.1) is 0 Å². The number of amides is 2. The average molecular weight is 304 g/mol. The van der Waals surface area contributed by atoms with Gasteiger partial charge in [0.05, 0.1) is 11.8 Å². The van der Waals surface area contributed by atoms with E-state index in [9.17, 15) is 18.7 Å². The Labute approximate surface area is 121 Å². The van der Waals surface area contributed by atoms with E-state index in [0.717, 1.165) is 0 Å². The fourth-order valence-electron chi connectivity index (χ4n) is 1.46. The van der Waals surface area contributed by atoms with Crippen LogP contribution in [-0.2, 0) is 0 Å². The summed E-state index contributed by atoms with van der Waals surface area (Å²) in [6, 6.07) is 6.01. The maximum atomic E-state index is 12.4. The number of hydrogen-bond acceptors (Lipinski definition) is 3. The Balaban J connectivity index is 2.65. The molecule has 20 heavy (non-hydrogen) atoms. The third-order valence-corrected chi connectivity index (χ3v) is 3.36. The van der Waals surface area contributed by atoms with E-state index in [0.29, 0.717) is 35.3 Å². The summed E-state index contributed by atoms with van der Waals surface area (Å²) in [4.78, 5) is 13.6. The summed E-state index contributed by atoms with van der Waals surface area (Å²) >= 11 is 0.390. The predicted octanol–water partition coefficient (Wildman–Crippen LogP) is 3.24. The van der Waals surface area contributed by atoms with Gasteiger partial charge in [0.1, 0.15) is 0 Å². The Morgan fingerprint density at radius 1 is 1.45 bits per heavy atom. The lowest BCUT2D eigenvalue weighted by atomic mass is 10.3. The third-order valence-electron chi connectivity index (χ3n) is 2.57. The second kappa shape index (κ2) is 8.06. The second-order valence-electron chi connectivity index (χ2n) is 4.36. The number of hydrogen-bond donors (Lipinski definition) is 2. The van der Waals surface area contributed by atoms with E-state index >= 15 is 0 Å². The maximum absolute atomic E-state index is 12.4. The van der Waals surface area contributed by atoms with Crippen LogP contribution < -0.4 is 5.32 Å². The molecule has 0 saturated heterocycles. The van der Waals surface area contributed by atoms with Crippen molar-refractivity contribution in [3.8, 4) is 0 Å². The molecule has 1 rings (SSSR count). The minimum atomic E-state index is -2.54. The SMILES string of the molecule is CC(O)CCN(C)C(=O)Nc1ccccc1SC(F)F. The van der Waals surface area contributed by atoms with Gasteiger partial charge in [0.15, 0.2) is 0 Å². The zero-order chi connectivity index (χ0) is 15.1. The Hall–Kier alpha value is -1.34. The van der Waals surface area contributed by atoms with Crippen LogP contribution in [0.1, 0.15) is 13.3 Å². The maximum Gasteiger partial charge on any atom is 0.321 e. The van der Waals surface area contributed by atoms with Gasteiger partial charge in [-0.1, -0.05) is 23.9 Å². The predicted molar refractivity (Wildman–Crippen MR) is 76.2 cm³/mol. The normalized spacial score (nSPS) is 12.3. The zero-order valence-corrected chi connectivity index (χ0v) is 12.2. The molecule has 7 heteroatoms. The van der Waals surface area contributed by atoms with Crippen molar-refractivity contribution in [2.75, 3.05) is 18.9 Å². The molecule has 0 aromatic heterocycles. The first-order valence-corrected chi connectivity index (χ1v) is 7.02. The number of aliphatic hydroxyl groups is 1. The Bertz CT molecular complexity index is 444. The highest BCUT2D eigenvalue weighted by Crippen LogP contribution is 2.31. The Morgan fingerprint density at radius 2 is 2.10 bits per heavy atom. The van der Waals surface area contributed by atoms with Crippen molar-refractivity contribution in [3.05, 3.63) is 24.3 Å². The van der Waals surface area contributed by atoms with Crippen LogP contribution in [0.2, 0.25) is 0 Å². The highest BCUT2D eigenvalue weighted by molar-refractivity contribution is 7.99. The van der Waals surface area contributed by atoms with Gasteiger partial charge >= 0.3 is 6.03 Å². The second-order valence-corrected chi connectivity index (χ2v) is 5.40. The molecule has 1 unspecified atom stereocenters. The molecule has 0 saturated carbocycles. The van der Waals surface area contributed by atoms with Crippen LogP contribution in [0.3, 0.4) is 0 Å². The standard InChI is InChI=1S/C13H18F2N2O2S/c1-9(18)7-8-17(2)13(19)16-10-5-3-4-6-11(10)20-12(14)15/h3-6,9,12,18H,7-8H2,1-2H3,(H,16,19). The lowest BCUT2D eigenvalue weighted by Gasteiger charge is -2.19. The van der Waals surface area contributed by atoms with Crippen molar-refractivity contribution >= 4 is 23.5 Å². The molecule has 2 N–H and O–H groups in total. The van der Waals surface area contributed by atoms with Crippen LogP contribution in [-0.4, -0.2) is 41.5 Å². The van der Waals surface area contributed by atoms with Gasteiger partial charge in [-0.2, -0.15) is 8.78 Å². The molecule has 0 aliphatic carbocycles. The van der Waals surface area contributed by atoms with E-state index in [1.165, 1.54) is 11.0 Å². The summed E-state index contributed by atoms with van der Waals surface area (Å²) in [6.07, 6.45) is -0.0379. The number of rotatable bonds is 6. The highest BCUT2D eigenvalue weighted by atomic mass is 32.2. The molecule has 0 fully saturated rings. The van der Waals surface area contributed by atoms with Crippen LogP contribution in [0.5, 0.6) is 0 Å². The summed E-state index contributed by atoms with van der Waals surface area (Å²) in [5, 5.41) is 11.8. The van der Waals surface area contributed by atoms with Gasteiger partial charge in [0.25, 0.3) is 5.76 Å². The fourth-order valence-corrected chi connectivity index (χ4v) is 2.06. The summed E-state index contributed by atoms with van der Waals surface area (Å²) in [5.41, 5.74) is 0.353. The van der Waals surface area contributed by atoms with E-state index in [1.807, 2.05) is 0 Å². The van der Waals surface area contributed by atoms with Crippen LogP contribution in [0.4, 0.5) is 19.3 Å². The molecule has 0 heterocycles. The van der Waals surface area contributed by atoms with Crippen LogP contribution in [0.15, 0.2) is 29.2 Å². The molecule has 112 valence electrons. The number of carbonyl (C=O) groups is 1. The monoisotopic (exact) mass is 304 g/mol. The van der Waals surface area contributed by atoms with Crippen molar-refractivity contribution in [2.24, 2.45) is 0 Å². The quantitative estimate of drug-likeness (QED) is 0.793. The van der Waals surface area contributed by atoms with Crippen LogP contribution in [0.25, 0.3) is 0 Å². The van der Waals surface area contributed by atoms with Gasteiger partial charge in [-0.05, 0) is 25.5 Å². The largest absolute Gasteiger partial charge is 0.393 e. The molecule has 1 aromatic rings. The lowest BCUT2D eigenvalue weighted by molar-refractivity contribution is 0.167. The summed E-state index contributed by atoms with van der Waals surface area (Å²) in [6.45, 7) is 2.02. The minimum Gasteiger partial charge on any atom is -0.393 e. The summed E-state index contributed by atoms with van der Waals surface area (Å²) < 4.78 is 24.8. The van der Waals surface area contributed by atoms with E-state index in [4.69, 9.17) is 0 Å². The molecule has 0 aliphatic rings. The Morgan fingerprint density at radius 3 is 2.70 bits per heavy atom. The molecular formula is C13H18F2N2O2S. The molecule has 0 radical (unpaired) electrons. The van der Waals surface area contributed by atoms with Crippen molar-refractivity contribution < 1.29 is 18.7 Å². The molecule has 1 aromatic carbocycles. The van der Waals surface area contributed by atoms with Gasteiger partial charge in [-0.25, -0.2) is 4.79 Å². The van der Waals surface area contributed by atoms with Crippen molar-refractivity contribution in [1.82, 2.24) is 4.90 Å². The van der Waals surface area contributed by atoms with Gasteiger partial charge < -0.3 is 15.3 Å². The number of anilines is 1. The molecule has 4 nitrogen and oxygen atoms in total. The third kappa shape index (κ3) is 5.75. The van der Waals surface area contributed by atoms with Gasteiger partial charge in [0.2, 0.25) is 0 Å².